The second-order valence-electron chi connectivity index (χ2n) is 6.15. The second kappa shape index (κ2) is 9.35. The number of rotatable bonds is 7. The van der Waals surface area contributed by atoms with Crippen molar-refractivity contribution in [2.45, 2.75) is 17.8 Å². The van der Waals surface area contributed by atoms with Gasteiger partial charge in [0, 0.05) is 13.6 Å². The predicted octanol–water partition coefficient (Wildman–Crippen LogP) is 2.98. The average Bonchev–Trinajstić information content (AvgIpc) is 2.72. The van der Waals surface area contributed by atoms with E-state index in [-0.39, 0.29) is 17.7 Å². The number of methoxy groups -OCH3 is 2. The van der Waals surface area contributed by atoms with Crippen molar-refractivity contribution in [2.75, 3.05) is 21.3 Å². The maximum absolute atomic E-state index is 13.1. The van der Waals surface area contributed by atoms with Crippen LogP contribution in [0, 0.1) is 0 Å². The summed E-state index contributed by atoms with van der Waals surface area (Å²) < 4.78 is 76.8. The van der Waals surface area contributed by atoms with Gasteiger partial charge in [0.25, 0.3) is 0 Å². The summed E-state index contributed by atoms with van der Waals surface area (Å²) in [5.41, 5.74) is -0.0453. The molecule has 0 saturated heterocycles. The van der Waals surface area contributed by atoms with E-state index in [9.17, 15) is 31.2 Å². The first-order valence-electron chi connectivity index (χ1n) is 8.50. The van der Waals surface area contributed by atoms with Gasteiger partial charge in [-0.2, -0.15) is 4.31 Å². The Labute approximate surface area is 176 Å². The van der Waals surface area contributed by atoms with E-state index in [1.807, 2.05) is 0 Å². The van der Waals surface area contributed by atoms with Gasteiger partial charge in [-0.3, -0.25) is 0 Å². The lowest BCUT2D eigenvalue weighted by atomic mass is 10.1. The van der Waals surface area contributed by atoms with E-state index in [2.05, 4.69) is 14.2 Å². The minimum absolute atomic E-state index is 0.101. The van der Waals surface area contributed by atoms with Crippen molar-refractivity contribution in [3.05, 3.63) is 59.2 Å². The Morgan fingerprint density at radius 1 is 0.968 bits per heavy atom. The van der Waals surface area contributed by atoms with Crippen LogP contribution in [0.2, 0.25) is 0 Å². The van der Waals surface area contributed by atoms with Gasteiger partial charge in [-0.1, -0.05) is 12.1 Å². The molecular weight excluding hydrogens is 443 g/mol. The van der Waals surface area contributed by atoms with Gasteiger partial charge in [0.05, 0.1) is 30.2 Å². The third-order valence-corrected chi connectivity index (χ3v) is 5.90. The molecule has 0 heterocycles. The van der Waals surface area contributed by atoms with Crippen LogP contribution in [0.1, 0.15) is 26.3 Å². The molecule has 2 rings (SSSR count). The molecule has 0 spiro atoms. The van der Waals surface area contributed by atoms with Gasteiger partial charge >= 0.3 is 18.3 Å². The minimum atomic E-state index is -4.85. The monoisotopic (exact) mass is 461 g/mol. The van der Waals surface area contributed by atoms with Crippen LogP contribution >= 0.6 is 0 Å². The molecule has 12 heteroatoms. The zero-order chi connectivity index (χ0) is 23.4. The highest BCUT2D eigenvalue weighted by Crippen LogP contribution is 2.26. The normalized spacial score (nSPS) is 11.8. The number of esters is 2. The molecule has 2 aromatic carbocycles. The molecule has 0 bridgehead atoms. The quantitative estimate of drug-likeness (QED) is 0.585. The van der Waals surface area contributed by atoms with E-state index in [4.69, 9.17) is 0 Å². The molecule has 0 aliphatic carbocycles. The van der Waals surface area contributed by atoms with Crippen molar-refractivity contribution < 1.29 is 45.4 Å². The van der Waals surface area contributed by atoms with Gasteiger partial charge in [-0.25, -0.2) is 18.0 Å². The number of halogens is 3. The van der Waals surface area contributed by atoms with Gasteiger partial charge in [0.1, 0.15) is 5.75 Å². The summed E-state index contributed by atoms with van der Waals surface area (Å²) in [5, 5.41) is 0. The third kappa shape index (κ3) is 5.95. The molecule has 0 N–H and O–H groups in total. The fourth-order valence-corrected chi connectivity index (χ4v) is 3.93. The van der Waals surface area contributed by atoms with Crippen LogP contribution in [0.4, 0.5) is 13.2 Å². The molecule has 0 aromatic heterocycles. The predicted molar refractivity (Wildman–Crippen MR) is 101 cm³/mol. The number of carbonyl (C=O) groups is 2. The summed E-state index contributed by atoms with van der Waals surface area (Å²) in [7, 11) is -0.918. The number of sulfonamides is 1. The fourth-order valence-electron chi connectivity index (χ4n) is 2.57. The van der Waals surface area contributed by atoms with Crippen molar-refractivity contribution in [2.24, 2.45) is 0 Å². The Balaban J connectivity index is 2.37. The Morgan fingerprint density at radius 3 is 2.06 bits per heavy atom. The van der Waals surface area contributed by atoms with Crippen LogP contribution in [0.3, 0.4) is 0 Å². The van der Waals surface area contributed by atoms with Gasteiger partial charge < -0.3 is 14.2 Å². The van der Waals surface area contributed by atoms with E-state index in [1.165, 1.54) is 25.2 Å². The maximum atomic E-state index is 13.1. The van der Waals surface area contributed by atoms with Crippen LogP contribution < -0.4 is 4.74 Å². The molecule has 2 aromatic rings. The minimum Gasteiger partial charge on any atom is -0.465 e. The summed E-state index contributed by atoms with van der Waals surface area (Å²) in [6.45, 7) is -0.238. The number of hydrogen-bond acceptors (Lipinski definition) is 7. The first-order valence-corrected chi connectivity index (χ1v) is 9.94. The van der Waals surface area contributed by atoms with Crippen molar-refractivity contribution in [1.29, 1.82) is 0 Å². The van der Waals surface area contributed by atoms with Crippen LogP contribution in [0.15, 0.2) is 47.4 Å². The smallest absolute Gasteiger partial charge is 0.465 e. The molecular formula is C19H18F3NO7S. The first kappa shape index (κ1) is 24.2. The Morgan fingerprint density at radius 2 is 1.55 bits per heavy atom. The Hall–Kier alpha value is -3.12. The van der Waals surface area contributed by atoms with Gasteiger partial charge in [-0.15, -0.1) is 13.2 Å². The first-order chi connectivity index (χ1) is 14.4. The van der Waals surface area contributed by atoms with Crippen molar-refractivity contribution in [1.82, 2.24) is 4.31 Å². The summed E-state index contributed by atoms with van der Waals surface area (Å²) >= 11 is 0. The fraction of sp³-hybridized carbons (Fsp3) is 0.263. The number of carbonyl (C=O) groups excluding carboxylic acids is 2. The summed E-state index contributed by atoms with van der Waals surface area (Å²) in [4.78, 5) is 23.3. The number of ether oxygens (including phenoxy) is 3. The molecule has 0 radical (unpaired) electrons. The summed E-state index contributed by atoms with van der Waals surface area (Å²) in [5.74, 6) is -2.20. The molecule has 0 unspecified atom stereocenters. The van der Waals surface area contributed by atoms with E-state index in [0.29, 0.717) is 5.56 Å². The van der Waals surface area contributed by atoms with E-state index in [0.717, 1.165) is 42.8 Å². The molecule has 0 aliphatic rings. The molecule has 31 heavy (non-hydrogen) atoms. The van der Waals surface area contributed by atoms with Crippen LogP contribution in [0.25, 0.3) is 0 Å². The van der Waals surface area contributed by atoms with Crippen molar-refractivity contribution in [3.8, 4) is 5.75 Å². The Bertz CT molecular complexity index is 1070. The molecule has 0 fully saturated rings. The molecule has 8 nitrogen and oxygen atoms in total. The van der Waals surface area contributed by atoms with Crippen LogP contribution in [-0.2, 0) is 26.0 Å². The third-order valence-electron chi connectivity index (χ3n) is 4.06. The summed E-state index contributed by atoms with van der Waals surface area (Å²) in [6.07, 6.45) is -4.85. The largest absolute Gasteiger partial charge is 0.573 e. The van der Waals surface area contributed by atoms with E-state index < -0.39 is 39.0 Å². The SMILES string of the molecule is COC(=O)c1ccc(C(=O)OC)c(S(=O)(=O)N(C)Cc2ccc(OC(F)(F)F)cc2)c1. The summed E-state index contributed by atoms with van der Waals surface area (Å²) in [6, 6.07) is 7.95. The lowest BCUT2D eigenvalue weighted by Gasteiger charge is -2.19. The van der Waals surface area contributed by atoms with E-state index >= 15 is 0 Å². The number of nitrogens with zero attached hydrogens (tertiary/aromatic N) is 1. The zero-order valence-corrected chi connectivity index (χ0v) is 17.4. The molecule has 0 aliphatic heterocycles. The maximum Gasteiger partial charge on any atom is 0.573 e. The van der Waals surface area contributed by atoms with E-state index in [1.54, 1.807) is 0 Å². The number of benzene rings is 2. The van der Waals surface area contributed by atoms with Crippen LogP contribution in [-0.4, -0.2) is 52.3 Å². The lowest BCUT2D eigenvalue weighted by Crippen LogP contribution is -2.28. The molecule has 0 amide bonds. The Kier molecular flexibility index (Phi) is 7.28. The molecule has 0 saturated carbocycles. The van der Waals surface area contributed by atoms with Crippen molar-refractivity contribution in [3.63, 3.8) is 0 Å². The average molecular weight is 461 g/mol. The topological polar surface area (TPSA) is 99.2 Å². The highest BCUT2D eigenvalue weighted by atomic mass is 32.2. The van der Waals surface area contributed by atoms with Gasteiger partial charge in [0.15, 0.2) is 0 Å². The zero-order valence-electron chi connectivity index (χ0n) is 16.6. The highest BCUT2D eigenvalue weighted by molar-refractivity contribution is 7.89. The second-order valence-corrected chi connectivity index (χ2v) is 8.16. The lowest BCUT2D eigenvalue weighted by molar-refractivity contribution is -0.274. The van der Waals surface area contributed by atoms with Crippen molar-refractivity contribution >= 4 is 22.0 Å². The molecule has 0 atom stereocenters. The number of alkyl halides is 3. The highest BCUT2D eigenvalue weighted by Gasteiger charge is 2.31. The van der Waals surface area contributed by atoms with Gasteiger partial charge in [-0.05, 0) is 35.9 Å². The standard InChI is InChI=1S/C19H18F3NO7S/c1-23(11-12-4-7-14(8-5-12)30-19(20,21)22)31(26,27)16-10-13(17(24)28-2)6-9-15(16)18(25)29-3/h4-10H,11H2,1-3H3. The number of hydrogen-bond donors (Lipinski definition) is 0. The molecule has 168 valence electrons. The van der Waals surface area contributed by atoms with Crippen LogP contribution in [0.5, 0.6) is 5.75 Å². The van der Waals surface area contributed by atoms with Gasteiger partial charge in [0.2, 0.25) is 10.0 Å².